The second kappa shape index (κ2) is 10.8. The molecule has 196 valence electrons. The first-order valence-electron chi connectivity index (χ1n) is 12.5. The van der Waals surface area contributed by atoms with Crippen LogP contribution in [0, 0.1) is 5.92 Å². The Bertz CT molecular complexity index is 1400. The largest absolute Gasteiger partial charge is 0.490 e. The lowest BCUT2D eigenvalue weighted by Gasteiger charge is -2.29. The number of aliphatic imine (C=N–C) groups is 1. The maximum absolute atomic E-state index is 11.2. The fourth-order valence-electron chi connectivity index (χ4n) is 4.57. The molecule has 0 spiro atoms. The maximum atomic E-state index is 11.2. The summed E-state index contributed by atoms with van der Waals surface area (Å²) in [6.07, 6.45) is 8.06. The van der Waals surface area contributed by atoms with E-state index in [2.05, 4.69) is 43.6 Å². The molecule has 1 saturated carbocycles. The molecule has 0 atom stereocenters. The van der Waals surface area contributed by atoms with E-state index in [4.69, 9.17) is 16.2 Å². The Labute approximate surface area is 220 Å². The summed E-state index contributed by atoms with van der Waals surface area (Å²) in [5.74, 6) is 0.309. The normalized spacial score (nSPS) is 19.0. The van der Waals surface area contributed by atoms with Gasteiger partial charge in [0, 0.05) is 43.1 Å². The molecule has 0 radical (unpaired) electrons. The molecule has 0 saturated heterocycles. The number of anilines is 3. The zero-order valence-corrected chi connectivity index (χ0v) is 21.0. The van der Waals surface area contributed by atoms with Crippen LogP contribution >= 0.6 is 0 Å². The lowest BCUT2D eigenvalue weighted by atomic mass is 9.81. The Hall–Kier alpha value is -4.67. The summed E-state index contributed by atoms with van der Waals surface area (Å²) in [6.45, 7) is 3.43. The lowest BCUT2D eigenvalue weighted by molar-refractivity contribution is -0.144. The first kappa shape index (κ1) is 25.0. The van der Waals surface area contributed by atoms with E-state index in [-0.39, 0.29) is 17.8 Å². The molecule has 11 heteroatoms. The van der Waals surface area contributed by atoms with Gasteiger partial charge in [0.1, 0.15) is 18.2 Å². The van der Waals surface area contributed by atoms with E-state index in [1.165, 1.54) is 6.20 Å². The number of nitrogens with zero attached hydrogens (tertiary/aromatic N) is 4. The number of hydrogen-bond acceptors (Lipinski definition) is 9. The molecule has 3 heterocycles. The molecule has 3 aromatic rings. The third-order valence-electron chi connectivity index (χ3n) is 6.74. The average molecular weight is 515 g/mol. The number of carboxylic acid groups (broad SMARTS) is 1. The van der Waals surface area contributed by atoms with Crippen LogP contribution in [-0.4, -0.2) is 51.1 Å². The Kier molecular flexibility index (Phi) is 7.07. The number of aliphatic carboxylic acids is 1. The average Bonchev–Trinajstić information content (AvgIpc) is 2.91. The molecule has 1 aliphatic carbocycles. The number of amidine groups is 1. The van der Waals surface area contributed by atoms with Gasteiger partial charge in [0.15, 0.2) is 5.82 Å². The number of hydrogen-bond donors (Lipinski definition) is 5. The van der Waals surface area contributed by atoms with Gasteiger partial charge in [-0.2, -0.15) is 0 Å². The van der Waals surface area contributed by atoms with E-state index in [0.717, 1.165) is 35.7 Å². The Balaban J connectivity index is 1.55. The van der Waals surface area contributed by atoms with Crippen molar-refractivity contribution in [3.8, 4) is 5.75 Å². The molecule has 0 amide bonds. The number of aryl methyl sites for hydroxylation is 1. The number of carbonyl (C=O) groups is 1. The molecule has 38 heavy (non-hydrogen) atoms. The predicted octanol–water partition coefficient (Wildman–Crippen LogP) is 2.90. The summed E-state index contributed by atoms with van der Waals surface area (Å²) in [6, 6.07) is 7.48. The van der Waals surface area contributed by atoms with Gasteiger partial charge in [0.25, 0.3) is 0 Å². The third kappa shape index (κ3) is 5.08. The zero-order chi connectivity index (χ0) is 26.6. The standard InChI is InChI=1S/C27H30N8O3/c1-2-15-10-23-24(38-7-6-30-23)12-20(15)35-22-11-21(18(13-28)26-31-4-3-5-32-26)33-14-19(22)25(29)34-17-8-16(9-17)27(36)37/h3-5,10-14,16-17,30H,2,6-9,28H2,1H3,(H2,29,34)(H,33,35)(H,36,37)/b18-13-. The van der Waals surface area contributed by atoms with E-state index in [9.17, 15) is 9.90 Å². The Morgan fingerprint density at radius 2 is 2.03 bits per heavy atom. The monoisotopic (exact) mass is 514 g/mol. The number of carboxylic acids is 1. The van der Waals surface area contributed by atoms with Crippen molar-refractivity contribution < 1.29 is 14.6 Å². The van der Waals surface area contributed by atoms with Crippen LogP contribution in [0.3, 0.4) is 0 Å². The van der Waals surface area contributed by atoms with Crippen molar-refractivity contribution in [2.45, 2.75) is 32.2 Å². The van der Waals surface area contributed by atoms with Gasteiger partial charge in [0.2, 0.25) is 0 Å². The molecule has 1 aliphatic heterocycles. The quantitative estimate of drug-likeness (QED) is 0.222. The zero-order valence-electron chi connectivity index (χ0n) is 21.0. The molecule has 0 bridgehead atoms. The van der Waals surface area contributed by atoms with Crippen LogP contribution in [0.25, 0.3) is 5.57 Å². The number of aromatic nitrogens is 3. The summed E-state index contributed by atoms with van der Waals surface area (Å²) >= 11 is 0. The summed E-state index contributed by atoms with van der Waals surface area (Å²) in [7, 11) is 0. The van der Waals surface area contributed by atoms with Crippen LogP contribution in [0.5, 0.6) is 5.75 Å². The molecule has 1 aromatic carbocycles. The highest BCUT2D eigenvalue weighted by Gasteiger charge is 2.34. The highest BCUT2D eigenvalue weighted by Crippen LogP contribution is 2.37. The molecular formula is C27H30N8O3. The van der Waals surface area contributed by atoms with Crippen LogP contribution in [0.2, 0.25) is 0 Å². The van der Waals surface area contributed by atoms with Crippen molar-refractivity contribution in [2.24, 2.45) is 22.4 Å². The molecule has 5 rings (SSSR count). The SMILES string of the molecule is CCc1cc2c(cc1Nc1cc(/C(=C/N)c3ncccn3)ncc1C(N)=NC1CC(C(=O)O)C1)OCCN2. The van der Waals surface area contributed by atoms with Crippen LogP contribution < -0.4 is 26.8 Å². The van der Waals surface area contributed by atoms with Crippen molar-refractivity contribution in [1.29, 1.82) is 0 Å². The van der Waals surface area contributed by atoms with Gasteiger partial charge in [-0.1, -0.05) is 6.92 Å². The van der Waals surface area contributed by atoms with Crippen molar-refractivity contribution in [3.05, 3.63) is 71.7 Å². The summed E-state index contributed by atoms with van der Waals surface area (Å²) in [4.78, 5) is 29.0. The smallest absolute Gasteiger partial charge is 0.306 e. The van der Waals surface area contributed by atoms with Crippen LogP contribution in [0.4, 0.5) is 17.1 Å². The highest BCUT2D eigenvalue weighted by molar-refractivity contribution is 6.03. The molecule has 11 nitrogen and oxygen atoms in total. The fourth-order valence-corrected chi connectivity index (χ4v) is 4.57. The summed E-state index contributed by atoms with van der Waals surface area (Å²) in [5.41, 5.74) is 17.7. The lowest BCUT2D eigenvalue weighted by Crippen LogP contribution is -2.35. The number of nitrogens with two attached hydrogens (primary N) is 2. The number of rotatable bonds is 8. The number of fused-ring (bicyclic) bond motifs is 1. The Morgan fingerprint density at radius 1 is 1.24 bits per heavy atom. The van der Waals surface area contributed by atoms with Crippen LogP contribution in [0.1, 0.15) is 42.4 Å². The van der Waals surface area contributed by atoms with E-state index in [0.29, 0.717) is 47.8 Å². The fraction of sp³-hybridized carbons (Fsp3) is 0.296. The molecule has 0 unspecified atom stereocenters. The van der Waals surface area contributed by atoms with Crippen molar-refractivity contribution in [2.75, 3.05) is 23.8 Å². The third-order valence-corrected chi connectivity index (χ3v) is 6.74. The van der Waals surface area contributed by atoms with E-state index < -0.39 is 5.97 Å². The minimum absolute atomic E-state index is 0.143. The molecule has 7 N–H and O–H groups in total. The van der Waals surface area contributed by atoms with Crippen LogP contribution in [0.15, 0.2) is 54.0 Å². The van der Waals surface area contributed by atoms with E-state index >= 15 is 0 Å². The minimum Gasteiger partial charge on any atom is -0.490 e. The van der Waals surface area contributed by atoms with Gasteiger partial charge < -0.3 is 31.9 Å². The number of pyridine rings is 1. The number of benzene rings is 1. The van der Waals surface area contributed by atoms with Gasteiger partial charge in [-0.3, -0.25) is 14.8 Å². The number of ether oxygens (including phenoxy) is 1. The van der Waals surface area contributed by atoms with E-state index in [1.54, 1.807) is 24.7 Å². The molecule has 1 fully saturated rings. The second-order valence-electron chi connectivity index (χ2n) is 9.20. The summed E-state index contributed by atoms with van der Waals surface area (Å²) < 4.78 is 5.87. The van der Waals surface area contributed by atoms with Crippen LogP contribution in [-0.2, 0) is 11.2 Å². The van der Waals surface area contributed by atoms with Gasteiger partial charge in [-0.15, -0.1) is 0 Å². The van der Waals surface area contributed by atoms with Gasteiger partial charge in [0.05, 0.1) is 40.2 Å². The topological polar surface area (TPSA) is 174 Å². The highest BCUT2D eigenvalue weighted by atomic mass is 16.5. The van der Waals surface area contributed by atoms with Crippen molar-refractivity contribution in [1.82, 2.24) is 15.0 Å². The molecular weight excluding hydrogens is 484 g/mol. The van der Waals surface area contributed by atoms with E-state index in [1.807, 2.05) is 12.1 Å². The first-order valence-corrected chi connectivity index (χ1v) is 12.5. The minimum atomic E-state index is -0.802. The first-order chi connectivity index (χ1) is 18.5. The number of nitrogens with one attached hydrogen (secondary N) is 2. The van der Waals surface area contributed by atoms with Gasteiger partial charge in [-0.25, -0.2) is 9.97 Å². The predicted molar refractivity (Wildman–Crippen MR) is 145 cm³/mol. The van der Waals surface area contributed by atoms with Crippen molar-refractivity contribution >= 4 is 34.4 Å². The van der Waals surface area contributed by atoms with Gasteiger partial charge in [-0.05, 0) is 43.0 Å². The summed E-state index contributed by atoms with van der Waals surface area (Å²) in [5, 5.41) is 16.1. The Morgan fingerprint density at radius 3 is 2.74 bits per heavy atom. The second-order valence-corrected chi connectivity index (χ2v) is 9.20. The molecule has 2 aromatic heterocycles. The maximum Gasteiger partial charge on any atom is 0.306 e. The van der Waals surface area contributed by atoms with Crippen molar-refractivity contribution in [3.63, 3.8) is 0 Å². The van der Waals surface area contributed by atoms with Gasteiger partial charge >= 0.3 is 5.97 Å². The molecule has 2 aliphatic rings.